The van der Waals surface area contributed by atoms with Gasteiger partial charge in [0.15, 0.2) is 0 Å². The van der Waals surface area contributed by atoms with Gasteiger partial charge in [-0.2, -0.15) is 0 Å². The highest BCUT2D eigenvalue weighted by Crippen LogP contribution is 2.47. The molecule has 8 atom stereocenters. The number of nitrogens with one attached hydrogen (secondary N) is 1. The smallest absolute Gasteiger partial charge is 0.393 e. The van der Waals surface area contributed by atoms with Gasteiger partial charge in [-0.3, -0.25) is 13.8 Å². The number of allylic oxidation sites excluding steroid dienone is 3. The molecule has 0 saturated heterocycles. The molecule has 66 heavy (non-hydrogen) atoms. The van der Waals surface area contributed by atoms with E-state index in [9.17, 15) is 50.0 Å². The molecule has 0 spiro atoms. The fourth-order valence-corrected chi connectivity index (χ4v) is 9.62. The summed E-state index contributed by atoms with van der Waals surface area (Å²) >= 11 is 0. The molecule has 0 heterocycles. The first-order chi connectivity index (χ1) is 31.8. The summed E-state index contributed by atoms with van der Waals surface area (Å²) in [4.78, 5) is 23.5. The molecule has 0 aromatic heterocycles. The normalized spacial score (nSPS) is 22.5. The van der Waals surface area contributed by atoms with Gasteiger partial charge in [-0.05, 0) is 44.9 Å². The van der Waals surface area contributed by atoms with Crippen molar-refractivity contribution in [2.45, 2.75) is 293 Å². The third kappa shape index (κ3) is 32.6. The Kier molecular flexibility index (Phi) is 39.5. The summed E-state index contributed by atoms with van der Waals surface area (Å²) in [6, 6.07) is -1.24. The summed E-state index contributed by atoms with van der Waals surface area (Å²) in [7, 11) is -5.15. The van der Waals surface area contributed by atoms with Crippen LogP contribution in [0.2, 0.25) is 0 Å². The van der Waals surface area contributed by atoms with Crippen molar-refractivity contribution >= 4 is 13.7 Å². The molecule has 1 amide bonds. The van der Waals surface area contributed by atoms with E-state index in [-0.39, 0.29) is 6.42 Å². The van der Waals surface area contributed by atoms with Gasteiger partial charge in [0.2, 0.25) is 5.91 Å². The molecule has 0 aliphatic heterocycles. The zero-order valence-electron chi connectivity index (χ0n) is 41.6. The Morgan fingerprint density at radius 1 is 0.530 bits per heavy atom. The van der Waals surface area contributed by atoms with Crippen molar-refractivity contribution in [3.05, 3.63) is 24.3 Å². The van der Waals surface area contributed by atoms with Crippen LogP contribution in [0.1, 0.15) is 239 Å². The molecule has 0 bridgehead atoms. The fraction of sp³-hybridized carbons (Fsp3) is 0.904. The highest BCUT2D eigenvalue weighted by molar-refractivity contribution is 7.47. The lowest BCUT2D eigenvalue weighted by Gasteiger charge is -2.41. The van der Waals surface area contributed by atoms with Gasteiger partial charge in [-0.1, -0.05) is 212 Å². The molecular weight excluding hydrogens is 862 g/mol. The Hall–Kier alpha value is -1.22. The van der Waals surface area contributed by atoms with Crippen LogP contribution in [0.15, 0.2) is 24.3 Å². The topological polar surface area (TPSA) is 226 Å². The van der Waals surface area contributed by atoms with Crippen LogP contribution in [0.5, 0.6) is 0 Å². The fourth-order valence-electron chi connectivity index (χ4n) is 8.65. The third-order valence-corrected chi connectivity index (χ3v) is 14.0. The first-order valence-corrected chi connectivity index (χ1v) is 28.4. The lowest BCUT2D eigenvalue weighted by molar-refractivity contribution is -0.220. The second kappa shape index (κ2) is 41.6. The van der Waals surface area contributed by atoms with Crippen molar-refractivity contribution < 1.29 is 59.0 Å². The summed E-state index contributed by atoms with van der Waals surface area (Å²) in [5.74, 6) is -0.599. The number of carbonyl (C=O) groups excluding carboxylic acids is 1. The predicted octanol–water partition coefficient (Wildman–Crippen LogP) is 10.3. The quantitative estimate of drug-likeness (QED) is 0.0158. The van der Waals surface area contributed by atoms with E-state index in [0.717, 1.165) is 51.4 Å². The van der Waals surface area contributed by atoms with Crippen LogP contribution < -0.4 is 5.32 Å². The van der Waals surface area contributed by atoms with Crippen molar-refractivity contribution in [3.8, 4) is 0 Å². The molecule has 13 nitrogen and oxygen atoms in total. The number of hydrogen-bond donors (Lipinski definition) is 9. The predicted molar refractivity (Wildman–Crippen MR) is 266 cm³/mol. The molecule has 1 fully saturated rings. The van der Waals surface area contributed by atoms with Gasteiger partial charge < -0.3 is 46.0 Å². The van der Waals surface area contributed by atoms with Crippen LogP contribution in [-0.4, -0.2) is 108 Å². The van der Waals surface area contributed by atoms with Crippen LogP contribution in [0.25, 0.3) is 0 Å². The van der Waals surface area contributed by atoms with Crippen molar-refractivity contribution in [1.29, 1.82) is 0 Å². The highest BCUT2D eigenvalue weighted by atomic mass is 31.2. The highest BCUT2D eigenvalue weighted by Gasteiger charge is 2.51. The van der Waals surface area contributed by atoms with E-state index in [1.807, 2.05) is 0 Å². The van der Waals surface area contributed by atoms with Crippen LogP contribution in [0.4, 0.5) is 0 Å². The minimum absolute atomic E-state index is 0.253. The molecule has 0 aromatic carbocycles. The number of phosphoric ester groups is 1. The standard InChI is InChI=1S/C52H100NO12P/c1-3-5-7-9-11-13-15-17-19-21-22-23-24-26-28-30-32-34-36-38-40-45(55)44(42-64-66(62,63)65-52-50(60)48(58)47(57)49(59)51(52)61)53-46(56)41-43(54)39-37-35-33-31-29-27-25-20-18-16-14-12-10-8-6-4-2/h27,29,38,40,43-45,47-52,54-55,57-61H,3-26,28,30-37,39,41-42H2,1-2H3,(H,53,56)(H,62,63)/b29-27-,40-38+. The Balaban J connectivity index is 2.48. The van der Waals surface area contributed by atoms with E-state index in [0.29, 0.717) is 12.8 Å². The molecule has 1 saturated carbocycles. The van der Waals surface area contributed by atoms with Gasteiger partial charge in [0.05, 0.1) is 31.3 Å². The summed E-state index contributed by atoms with van der Waals surface area (Å²) < 4.78 is 23.0. The van der Waals surface area contributed by atoms with E-state index < -0.39 is 75.2 Å². The molecule has 1 aliphatic carbocycles. The second-order valence-electron chi connectivity index (χ2n) is 19.3. The molecule has 8 unspecified atom stereocenters. The first kappa shape index (κ1) is 62.8. The molecule has 14 heteroatoms. The van der Waals surface area contributed by atoms with Crippen LogP contribution in [0.3, 0.4) is 0 Å². The largest absolute Gasteiger partial charge is 0.472 e. The first-order valence-electron chi connectivity index (χ1n) is 26.9. The zero-order valence-corrected chi connectivity index (χ0v) is 42.5. The number of hydrogen-bond acceptors (Lipinski definition) is 11. The average Bonchev–Trinajstić information content (AvgIpc) is 3.29. The molecular formula is C52H100NO12P. The van der Waals surface area contributed by atoms with Crippen molar-refractivity contribution in [2.75, 3.05) is 6.61 Å². The van der Waals surface area contributed by atoms with Gasteiger partial charge in [0.1, 0.15) is 36.6 Å². The van der Waals surface area contributed by atoms with Crippen molar-refractivity contribution in [3.63, 3.8) is 0 Å². The third-order valence-electron chi connectivity index (χ3n) is 13.0. The van der Waals surface area contributed by atoms with Gasteiger partial charge in [-0.25, -0.2) is 4.57 Å². The number of rotatable bonds is 45. The molecule has 0 aromatic rings. The average molecular weight is 962 g/mol. The number of carbonyl (C=O) groups is 1. The lowest BCUT2D eigenvalue weighted by Crippen LogP contribution is -2.64. The SMILES string of the molecule is CCCCCCCCCCC/C=C\CCCCCC(O)CC(=O)NC(COP(=O)(O)OC1C(O)C(O)C(O)C(O)C1O)C(O)/C=C/CCCCCCCCCCCCCCCCCCCC. The monoisotopic (exact) mass is 962 g/mol. The Morgan fingerprint density at radius 2 is 0.879 bits per heavy atom. The van der Waals surface area contributed by atoms with E-state index >= 15 is 0 Å². The molecule has 390 valence electrons. The van der Waals surface area contributed by atoms with E-state index in [1.165, 1.54) is 160 Å². The Morgan fingerprint density at radius 3 is 1.29 bits per heavy atom. The Bertz CT molecular complexity index is 1230. The van der Waals surface area contributed by atoms with Gasteiger partial charge in [0.25, 0.3) is 0 Å². The van der Waals surface area contributed by atoms with Crippen molar-refractivity contribution in [1.82, 2.24) is 5.32 Å². The molecule has 1 rings (SSSR count). The van der Waals surface area contributed by atoms with E-state index in [1.54, 1.807) is 6.08 Å². The maximum atomic E-state index is 13.0. The molecule has 9 N–H and O–H groups in total. The summed E-state index contributed by atoms with van der Waals surface area (Å²) in [5, 5.41) is 74.7. The maximum Gasteiger partial charge on any atom is 0.472 e. The van der Waals surface area contributed by atoms with Gasteiger partial charge >= 0.3 is 7.82 Å². The minimum Gasteiger partial charge on any atom is -0.393 e. The van der Waals surface area contributed by atoms with Gasteiger partial charge in [-0.15, -0.1) is 0 Å². The second-order valence-corrected chi connectivity index (χ2v) is 20.7. The van der Waals surface area contributed by atoms with Crippen LogP contribution >= 0.6 is 7.82 Å². The summed E-state index contributed by atoms with van der Waals surface area (Å²) in [6.07, 6.45) is 34.0. The number of phosphoric acid groups is 1. The van der Waals surface area contributed by atoms with E-state index in [4.69, 9.17) is 9.05 Å². The molecule has 0 radical (unpaired) electrons. The van der Waals surface area contributed by atoms with Crippen LogP contribution in [0, 0.1) is 0 Å². The van der Waals surface area contributed by atoms with E-state index in [2.05, 4.69) is 31.3 Å². The van der Waals surface area contributed by atoms with Crippen LogP contribution in [-0.2, 0) is 18.4 Å². The number of unbranched alkanes of at least 4 members (excludes halogenated alkanes) is 30. The summed E-state index contributed by atoms with van der Waals surface area (Å²) in [6.45, 7) is 3.77. The number of amides is 1. The maximum absolute atomic E-state index is 13.0. The summed E-state index contributed by atoms with van der Waals surface area (Å²) in [5.41, 5.74) is 0. The lowest BCUT2D eigenvalue weighted by atomic mass is 9.85. The number of aliphatic hydroxyl groups excluding tert-OH is 7. The molecule has 1 aliphatic rings. The number of aliphatic hydroxyl groups is 7. The zero-order chi connectivity index (χ0) is 48.7. The van der Waals surface area contributed by atoms with Gasteiger partial charge in [0, 0.05) is 0 Å². The Labute approximate surface area is 401 Å². The minimum atomic E-state index is -5.15. The van der Waals surface area contributed by atoms with Crippen molar-refractivity contribution in [2.24, 2.45) is 0 Å².